The minimum atomic E-state index is -0.753. The second-order valence-electron chi connectivity index (χ2n) is 12.9. The first-order valence-electron chi connectivity index (χ1n) is 20.7. The van der Waals surface area contributed by atoms with Crippen molar-refractivity contribution < 1.29 is 56.8 Å². The van der Waals surface area contributed by atoms with E-state index in [9.17, 15) is 0 Å². The molecule has 0 saturated carbocycles. The molecule has 324 valence electrons. The van der Waals surface area contributed by atoms with Gasteiger partial charge in [0.2, 0.25) is 0 Å². The average Bonchev–Trinajstić information content (AvgIpc) is 3.29. The van der Waals surface area contributed by atoms with Crippen molar-refractivity contribution in [3.8, 4) is 5.75 Å². The van der Waals surface area contributed by atoms with Crippen molar-refractivity contribution in [3.05, 3.63) is 138 Å². The fourth-order valence-electron chi connectivity index (χ4n) is 5.84. The molecule has 4 rings (SSSR count). The Morgan fingerprint density at radius 1 is 0.237 bits per heavy atom. The lowest BCUT2D eigenvalue weighted by atomic mass is 9.80. The van der Waals surface area contributed by atoms with Gasteiger partial charge in [-0.1, -0.05) is 109 Å². The Bertz CT molecular complexity index is 1400. The Kier molecular flexibility index (Phi) is 26.8. The molecule has 12 heteroatoms. The monoisotopic (exact) mass is 820 g/mol. The Hall–Kier alpha value is -3.76. The van der Waals surface area contributed by atoms with Gasteiger partial charge in [0, 0.05) is 0 Å². The van der Waals surface area contributed by atoms with Gasteiger partial charge in [0.25, 0.3) is 0 Å². The Balaban J connectivity index is 0.847. The highest BCUT2D eigenvalue weighted by molar-refractivity contribution is 5.47. The first-order chi connectivity index (χ1) is 29.4. The number of rotatable bonds is 38. The van der Waals surface area contributed by atoms with Gasteiger partial charge >= 0.3 is 0 Å². The van der Waals surface area contributed by atoms with Crippen molar-refractivity contribution in [2.24, 2.45) is 0 Å². The Morgan fingerprint density at radius 3 is 0.729 bits per heavy atom. The van der Waals surface area contributed by atoms with Crippen LogP contribution in [0.5, 0.6) is 5.75 Å². The summed E-state index contributed by atoms with van der Waals surface area (Å²) >= 11 is 0. The molecular weight excluding hydrogens is 757 g/mol. The lowest BCUT2D eigenvalue weighted by Crippen LogP contribution is -2.34. The van der Waals surface area contributed by atoms with Gasteiger partial charge in [-0.15, -0.1) is 0 Å². The molecule has 0 amide bonds. The van der Waals surface area contributed by atoms with Gasteiger partial charge in [-0.2, -0.15) is 0 Å². The maximum atomic E-state index is 6.74. The predicted molar refractivity (Wildman–Crippen MR) is 225 cm³/mol. The quantitative estimate of drug-likeness (QED) is 0.0377. The summed E-state index contributed by atoms with van der Waals surface area (Å²) in [7, 11) is 0. The van der Waals surface area contributed by atoms with Gasteiger partial charge in [0.1, 0.15) is 18.0 Å². The van der Waals surface area contributed by atoms with E-state index in [0.29, 0.717) is 145 Å². The smallest absolute Gasteiger partial charge is 0.143 e. The van der Waals surface area contributed by atoms with Gasteiger partial charge in [-0.05, 0) is 28.8 Å². The van der Waals surface area contributed by atoms with Crippen molar-refractivity contribution in [2.75, 3.05) is 145 Å². The highest BCUT2D eigenvalue weighted by Crippen LogP contribution is 2.40. The largest absolute Gasteiger partial charge is 0.491 e. The van der Waals surface area contributed by atoms with Crippen molar-refractivity contribution in [1.29, 1.82) is 0 Å². The topological polar surface area (TPSA) is 111 Å². The van der Waals surface area contributed by atoms with Crippen LogP contribution in [0.15, 0.2) is 121 Å². The van der Waals surface area contributed by atoms with Crippen LogP contribution in [0.3, 0.4) is 0 Å². The summed E-state index contributed by atoms with van der Waals surface area (Å²) in [5.41, 5.74) is 2.45. The third-order valence-electron chi connectivity index (χ3n) is 8.67. The van der Waals surface area contributed by atoms with Crippen LogP contribution in [0, 0.1) is 0 Å². The highest BCUT2D eigenvalue weighted by atomic mass is 16.6. The SMILES string of the molecule is c1ccc(OCCOCCOCCOCCOCCOCCOCCOCCOCCOCCOCCOC(c2ccccc2)(c2ccccc2)c2ccccc2)cc1. The minimum Gasteiger partial charge on any atom is -0.491 e. The summed E-state index contributed by atoms with van der Waals surface area (Å²) < 4.78 is 68.1. The van der Waals surface area contributed by atoms with Gasteiger partial charge in [0.05, 0.1) is 139 Å². The average molecular weight is 821 g/mol. The lowest BCUT2D eigenvalue weighted by Gasteiger charge is -2.36. The van der Waals surface area contributed by atoms with Gasteiger partial charge in [-0.25, -0.2) is 0 Å². The molecule has 4 aromatic rings. The molecule has 0 aliphatic rings. The van der Waals surface area contributed by atoms with Gasteiger partial charge in [0.15, 0.2) is 0 Å². The molecule has 0 radical (unpaired) electrons. The molecule has 0 unspecified atom stereocenters. The van der Waals surface area contributed by atoms with Crippen molar-refractivity contribution in [2.45, 2.75) is 5.60 Å². The summed E-state index contributed by atoms with van der Waals surface area (Å²) in [5.74, 6) is 0.842. The fraction of sp³-hybridized carbons (Fsp3) is 0.489. The van der Waals surface area contributed by atoms with Crippen LogP contribution in [0.4, 0.5) is 0 Å². The molecule has 4 aromatic carbocycles. The normalized spacial score (nSPS) is 11.6. The minimum absolute atomic E-state index is 0.414. The number of hydrogen-bond donors (Lipinski definition) is 0. The van der Waals surface area contributed by atoms with Crippen LogP contribution in [0.2, 0.25) is 0 Å². The molecule has 0 atom stereocenters. The number of para-hydroxylation sites is 1. The maximum absolute atomic E-state index is 6.74. The lowest BCUT2D eigenvalue weighted by molar-refractivity contribution is -0.0399. The second kappa shape index (κ2) is 33.0. The van der Waals surface area contributed by atoms with Crippen LogP contribution in [-0.2, 0) is 57.7 Å². The third-order valence-corrected chi connectivity index (χ3v) is 8.67. The second-order valence-corrected chi connectivity index (χ2v) is 12.9. The van der Waals surface area contributed by atoms with Crippen LogP contribution < -0.4 is 4.74 Å². The summed E-state index contributed by atoms with van der Waals surface area (Å²) in [4.78, 5) is 0. The zero-order chi connectivity index (χ0) is 41.0. The number of hydrogen-bond acceptors (Lipinski definition) is 12. The van der Waals surface area contributed by atoms with E-state index in [0.717, 1.165) is 22.4 Å². The standard InChI is InChI=1S/C47H64O12/c1-5-13-43(14-6-1)47(44-15-7-2-8-16-44,45-17-9-3-10-18-45)59-42-40-57-38-36-55-34-32-53-30-28-51-26-24-49-22-21-48-23-25-50-27-29-52-31-33-54-35-37-56-39-41-58-46-19-11-4-12-20-46/h1-20H,21-42H2. The Morgan fingerprint density at radius 2 is 0.458 bits per heavy atom. The van der Waals surface area contributed by atoms with E-state index in [4.69, 9.17) is 56.8 Å². The number of ether oxygens (including phenoxy) is 12. The zero-order valence-electron chi connectivity index (χ0n) is 34.5. The summed E-state index contributed by atoms with van der Waals surface area (Å²) in [6.07, 6.45) is 0. The highest BCUT2D eigenvalue weighted by Gasteiger charge is 2.37. The van der Waals surface area contributed by atoms with Crippen molar-refractivity contribution >= 4 is 0 Å². The van der Waals surface area contributed by atoms with E-state index in [1.807, 2.05) is 84.9 Å². The van der Waals surface area contributed by atoms with Gasteiger partial charge < -0.3 is 56.8 Å². The van der Waals surface area contributed by atoms with Gasteiger partial charge in [-0.3, -0.25) is 0 Å². The summed E-state index contributed by atoms with van der Waals surface area (Å²) in [5, 5.41) is 0. The summed E-state index contributed by atoms with van der Waals surface area (Å²) in [6, 6.07) is 40.7. The fourth-order valence-corrected chi connectivity index (χ4v) is 5.84. The molecule has 0 fully saturated rings. The molecular formula is C47H64O12. The molecule has 0 aromatic heterocycles. The molecule has 0 N–H and O–H groups in total. The van der Waals surface area contributed by atoms with Crippen LogP contribution >= 0.6 is 0 Å². The van der Waals surface area contributed by atoms with Crippen LogP contribution in [0.25, 0.3) is 0 Å². The van der Waals surface area contributed by atoms with E-state index < -0.39 is 5.60 Å². The molecule has 0 spiro atoms. The third kappa shape index (κ3) is 20.9. The van der Waals surface area contributed by atoms with Crippen LogP contribution in [-0.4, -0.2) is 145 Å². The van der Waals surface area contributed by atoms with E-state index in [1.165, 1.54) is 0 Å². The molecule has 0 saturated heterocycles. The predicted octanol–water partition coefficient (Wildman–Crippen LogP) is 6.24. The number of benzene rings is 4. The molecule has 0 aliphatic heterocycles. The first kappa shape index (κ1) is 47.9. The van der Waals surface area contributed by atoms with E-state index >= 15 is 0 Å². The zero-order valence-corrected chi connectivity index (χ0v) is 34.5. The molecule has 12 nitrogen and oxygen atoms in total. The first-order valence-corrected chi connectivity index (χ1v) is 20.7. The van der Waals surface area contributed by atoms with E-state index in [1.54, 1.807) is 0 Å². The van der Waals surface area contributed by atoms with Crippen LogP contribution in [0.1, 0.15) is 16.7 Å². The van der Waals surface area contributed by atoms with Crippen molar-refractivity contribution in [1.82, 2.24) is 0 Å². The van der Waals surface area contributed by atoms with E-state index in [-0.39, 0.29) is 0 Å². The molecule has 59 heavy (non-hydrogen) atoms. The summed E-state index contributed by atoms with van der Waals surface area (Å²) in [6.45, 7) is 10.9. The van der Waals surface area contributed by atoms with E-state index in [2.05, 4.69) is 36.4 Å². The maximum Gasteiger partial charge on any atom is 0.143 e. The Labute approximate surface area is 350 Å². The molecule has 0 aliphatic carbocycles. The molecule has 0 bridgehead atoms. The van der Waals surface area contributed by atoms with Crippen molar-refractivity contribution in [3.63, 3.8) is 0 Å². The molecule has 0 heterocycles.